The number of aldehydes is 1. The summed E-state index contributed by atoms with van der Waals surface area (Å²) < 4.78 is 2.01. The summed E-state index contributed by atoms with van der Waals surface area (Å²) in [5.74, 6) is 0. The lowest BCUT2D eigenvalue weighted by Crippen LogP contribution is -2.00. The van der Waals surface area contributed by atoms with Crippen LogP contribution in [0.25, 0.3) is 10.9 Å². The van der Waals surface area contributed by atoms with Crippen LogP contribution in [0.3, 0.4) is 0 Å². The van der Waals surface area contributed by atoms with Crippen LogP contribution in [0.2, 0.25) is 5.15 Å². The molecule has 0 aliphatic carbocycles. The molecule has 3 rings (SSSR count). The molecule has 0 radical (unpaired) electrons. The number of rotatable bonds is 3. The fraction of sp³-hybridized carbons (Fsp3) is 0.167. The van der Waals surface area contributed by atoms with E-state index in [2.05, 4.69) is 31.2 Å². The molecule has 0 saturated carbocycles. The van der Waals surface area contributed by atoms with E-state index < -0.39 is 0 Å². The maximum absolute atomic E-state index is 11.4. The second-order valence-corrected chi connectivity index (χ2v) is 5.73. The molecular weight excluding hydrogens is 282 g/mol. The standard InChI is InChI=1S/C18H16ClNO/c1-12-8-13(2)17-15(11-21)18(19)20(16(17)9-12)10-14-6-4-3-5-7-14/h3-9,11H,10H2,1-2H3. The maximum atomic E-state index is 11.4. The summed E-state index contributed by atoms with van der Waals surface area (Å²) in [6.45, 7) is 4.74. The van der Waals surface area contributed by atoms with E-state index in [4.69, 9.17) is 11.6 Å². The van der Waals surface area contributed by atoms with Crippen LogP contribution in [-0.4, -0.2) is 10.9 Å². The van der Waals surface area contributed by atoms with E-state index in [1.165, 1.54) is 5.56 Å². The van der Waals surface area contributed by atoms with Crippen molar-refractivity contribution in [2.24, 2.45) is 0 Å². The fourth-order valence-electron chi connectivity index (χ4n) is 2.89. The Hall–Kier alpha value is -2.06. The van der Waals surface area contributed by atoms with E-state index in [-0.39, 0.29) is 0 Å². The summed E-state index contributed by atoms with van der Waals surface area (Å²) in [6.07, 6.45) is 0.856. The molecule has 3 heteroatoms. The highest BCUT2D eigenvalue weighted by Crippen LogP contribution is 2.32. The summed E-state index contributed by atoms with van der Waals surface area (Å²) >= 11 is 6.46. The van der Waals surface area contributed by atoms with Crippen molar-refractivity contribution < 1.29 is 4.79 Å². The summed E-state index contributed by atoms with van der Waals surface area (Å²) in [6, 6.07) is 14.3. The molecule has 0 unspecified atom stereocenters. The minimum atomic E-state index is 0.512. The average molecular weight is 298 g/mol. The van der Waals surface area contributed by atoms with Gasteiger partial charge in [-0.15, -0.1) is 0 Å². The molecular formula is C18H16ClNO. The molecule has 1 heterocycles. The van der Waals surface area contributed by atoms with Gasteiger partial charge in [0.25, 0.3) is 0 Å². The van der Waals surface area contributed by atoms with Gasteiger partial charge in [0.15, 0.2) is 6.29 Å². The van der Waals surface area contributed by atoms with Crippen molar-refractivity contribution in [2.45, 2.75) is 20.4 Å². The summed E-state index contributed by atoms with van der Waals surface area (Å²) in [5.41, 5.74) is 5.01. The Balaban J connectivity index is 2.27. The van der Waals surface area contributed by atoms with Gasteiger partial charge in [-0.3, -0.25) is 4.79 Å². The zero-order valence-corrected chi connectivity index (χ0v) is 12.8. The van der Waals surface area contributed by atoms with Gasteiger partial charge in [-0.05, 0) is 36.6 Å². The Morgan fingerprint density at radius 2 is 1.86 bits per heavy atom. The second-order valence-electron chi connectivity index (χ2n) is 5.37. The normalized spacial score (nSPS) is 11.0. The fourth-order valence-corrected chi connectivity index (χ4v) is 3.18. The van der Waals surface area contributed by atoms with Crippen LogP contribution in [-0.2, 0) is 6.54 Å². The molecule has 21 heavy (non-hydrogen) atoms. The largest absolute Gasteiger partial charge is 0.327 e. The third-order valence-corrected chi connectivity index (χ3v) is 4.19. The van der Waals surface area contributed by atoms with Gasteiger partial charge in [-0.25, -0.2) is 0 Å². The Morgan fingerprint density at radius 3 is 2.52 bits per heavy atom. The van der Waals surface area contributed by atoms with Gasteiger partial charge >= 0.3 is 0 Å². The van der Waals surface area contributed by atoms with Crippen LogP contribution >= 0.6 is 11.6 Å². The molecule has 0 aliphatic heterocycles. The molecule has 1 aromatic heterocycles. The third-order valence-electron chi connectivity index (χ3n) is 3.78. The molecule has 0 amide bonds. The predicted molar refractivity (Wildman–Crippen MR) is 87.4 cm³/mol. The molecule has 2 nitrogen and oxygen atoms in total. The van der Waals surface area contributed by atoms with Crippen LogP contribution in [0, 0.1) is 13.8 Å². The van der Waals surface area contributed by atoms with E-state index in [0.29, 0.717) is 17.3 Å². The van der Waals surface area contributed by atoms with E-state index >= 15 is 0 Å². The Kier molecular flexibility index (Phi) is 3.56. The van der Waals surface area contributed by atoms with Crippen molar-refractivity contribution in [3.05, 3.63) is 69.9 Å². The third kappa shape index (κ3) is 2.36. The van der Waals surface area contributed by atoms with Crippen molar-refractivity contribution in [1.29, 1.82) is 0 Å². The molecule has 0 spiro atoms. The van der Waals surface area contributed by atoms with E-state index in [9.17, 15) is 4.79 Å². The van der Waals surface area contributed by atoms with Crippen molar-refractivity contribution in [3.63, 3.8) is 0 Å². The number of halogens is 1. The molecule has 0 saturated heterocycles. The van der Waals surface area contributed by atoms with Gasteiger partial charge in [-0.2, -0.15) is 0 Å². The van der Waals surface area contributed by atoms with Crippen LogP contribution in [0.15, 0.2) is 42.5 Å². The van der Waals surface area contributed by atoms with Gasteiger partial charge in [0.2, 0.25) is 0 Å². The number of hydrogen-bond acceptors (Lipinski definition) is 1. The van der Waals surface area contributed by atoms with Gasteiger partial charge in [0.05, 0.1) is 11.1 Å². The predicted octanol–water partition coefficient (Wildman–Crippen LogP) is 4.77. The quantitative estimate of drug-likeness (QED) is 0.638. The molecule has 106 valence electrons. The average Bonchev–Trinajstić information content (AvgIpc) is 2.73. The highest BCUT2D eigenvalue weighted by Gasteiger charge is 2.17. The molecule has 2 aromatic carbocycles. The first-order chi connectivity index (χ1) is 10.1. The first-order valence-electron chi connectivity index (χ1n) is 6.90. The lowest BCUT2D eigenvalue weighted by Gasteiger charge is -2.08. The first kappa shape index (κ1) is 13.9. The Bertz CT molecular complexity index is 818. The van der Waals surface area contributed by atoms with E-state index in [1.54, 1.807) is 0 Å². The zero-order chi connectivity index (χ0) is 15.0. The van der Waals surface area contributed by atoms with Crippen molar-refractivity contribution in [2.75, 3.05) is 0 Å². The van der Waals surface area contributed by atoms with Crippen LogP contribution < -0.4 is 0 Å². The summed E-state index contributed by atoms with van der Waals surface area (Å²) in [5, 5.41) is 1.47. The lowest BCUT2D eigenvalue weighted by atomic mass is 10.1. The minimum absolute atomic E-state index is 0.512. The Morgan fingerprint density at radius 1 is 1.14 bits per heavy atom. The number of fused-ring (bicyclic) bond motifs is 1. The number of hydrogen-bond donors (Lipinski definition) is 0. The van der Waals surface area contributed by atoms with E-state index in [1.807, 2.05) is 29.7 Å². The molecule has 0 N–H and O–H groups in total. The van der Waals surface area contributed by atoms with Gasteiger partial charge in [0.1, 0.15) is 5.15 Å². The molecule has 0 fully saturated rings. The number of benzene rings is 2. The number of aryl methyl sites for hydroxylation is 2. The lowest BCUT2D eigenvalue weighted by molar-refractivity contribution is 0.112. The van der Waals surface area contributed by atoms with E-state index in [0.717, 1.165) is 28.3 Å². The van der Waals surface area contributed by atoms with Crippen LogP contribution in [0.1, 0.15) is 27.0 Å². The van der Waals surface area contributed by atoms with Crippen molar-refractivity contribution in [3.8, 4) is 0 Å². The zero-order valence-electron chi connectivity index (χ0n) is 12.1. The first-order valence-corrected chi connectivity index (χ1v) is 7.27. The second kappa shape index (κ2) is 5.38. The van der Waals surface area contributed by atoms with Gasteiger partial charge in [0, 0.05) is 11.9 Å². The van der Waals surface area contributed by atoms with Crippen LogP contribution in [0.4, 0.5) is 0 Å². The number of carbonyl (C=O) groups is 1. The van der Waals surface area contributed by atoms with Gasteiger partial charge in [-0.1, -0.05) is 48.0 Å². The monoisotopic (exact) mass is 297 g/mol. The highest BCUT2D eigenvalue weighted by atomic mass is 35.5. The highest BCUT2D eigenvalue weighted by molar-refractivity contribution is 6.34. The minimum Gasteiger partial charge on any atom is -0.327 e. The number of nitrogens with zero attached hydrogens (tertiary/aromatic N) is 1. The summed E-state index contributed by atoms with van der Waals surface area (Å²) in [4.78, 5) is 11.4. The van der Waals surface area contributed by atoms with Crippen LogP contribution in [0.5, 0.6) is 0 Å². The van der Waals surface area contributed by atoms with Gasteiger partial charge < -0.3 is 4.57 Å². The van der Waals surface area contributed by atoms with Crippen molar-refractivity contribution >= 4 is 28.8 Å². The molecule has 0 aliphatic rings. The molecule has 3 aromatic rings. The smallest absolute Gasteiger partial charge is 0.153 e. The maximum Gasteiger partial charge on any atom is 0.153 e. The summed E-state index contributed by atoms with van der Waals surface area (Å²) in [7, 11) is 0. The molecule has 0 bridgehead atoms. The SMILES string of the molecule is Cc1cc(C)c2c(C=O)c(Cl)n(Cc3ccccc3)c2c1. The number of aromatic nitrogens is 1. The number of carbonyl (C=O) groups excluding carboxylic acids is 1. The Labute approximate surface area is 129 Å². The topological polar surface area (TPSA) is 22.0 Å². The molecule has 0 atom stereocenters. The van der Waals surface area contributed by atoms with Crippen molar-refractivity contribution in [1.82, 2.24) is 4.57 Å².